The maximum atomic E-state index is 11.8. The first kappa shape index (κ1) is 17.6. The van der Waals surface area contributed by atoms with Gasteiger partial charge in [0.25, 0.3) is 0 Å². The molecule has 0 aliphatic carbocycles. The SMILES string of the molecule is CCC(Sc1ncnc2c1nnn2Cc1ccc(Cl)cc1)C(=O)OC. The number of aromatic nitrogens is 5. The zero-order valence-electron chi connectivity index (χ0n) is 13.7. The molecular formula is C16H16ClN5O2S. The first-order valence-electron chi connectivity index (χ1n) is 7.65. The second-order valence-corrected chi connectivity index (χ2v) is 6.89. The topological polar surface area (TPSA) is 82.8 Å². The highest BCUT2D eigenvalue weighted by Crippen LogP contribution is 2.29. The van der Waals surface area contributed by atoms with Crippen molar-refractivity contribution in [3.63, 3.8) is 0 Å². The number of ether oxygens (including phenoxy) is 1. The smallest absolute Gasteiger partial charge is 0.319 e. The summed E-state index contributed by atoms with van der Waals surface area (Å²) in [5, 5.41) is 9.32. The Balaban J connectivity index is 1.89. The highest BCUT2D eigenvalue weighted by atomic mass is 35.5. The minimum atomic E-state index is -0.343. The van der Waals surface area contributed by atoms with Gasteiger partial charge in [0.05, 0.1) is 13.7 Å². The largest absolute Gasteiger partial charge is 0.468 e. The van der Waals surface area contributed by atoms with E-state index in [1.807, 2.05) is 31.2 Å². The third-order valence-electron chi connectivity index (χ3n) is 3.60. The quantitative estimate of drug-likeness (QED) is 0.371. The predicted octanol–water partition coefficient (Wildman–Crippen LogP) is 2.97. The molecule has 0 aliphatic rings. The molecule has 0 saturated heterocycles. The molecule has 0 spiro atoms. The second-order valence-electron chi connectivity index (χ2n) is 5.26. The van der Waals surface area contributed by atoms with Crippen LogP contribution >= 0.6 is 23.4 Å². The number of rotatable bonds is 6. The van der Waals surface area contributed by atoms with Crippen molar-refractivity contribution in [3.8, 4) is 0 Å². The Hall–Kier alpha value is -2.19. The molecule has 2 aromatic heterocycles. The molecule has 0 aliphatic heterocycles. The van der Waals surface area contributed by atoms with Gasteiger partial charge in [0.15, 0.2) is 11.2 Å². The average molecular weight is 378 g/mol. The van der Waals surface area contributed by atoms with Gasteiger partial charge < -0.3 is 4.74 Å². The predicted molar refractivity (Wildman–Crippen MR) is 95.6 cm³/mol. The normalized spacial score (nSPS) is 12.3. The van der Waals surface area contributed by atoms with Crippen LogP contribution in [0.3, 0.4) is 0 Å². The lowest BCUT2D eigenvalue weighted by atomic mass is 10.2. The lowest BCUT2D eigenvalue weighted by Gasteiger charge is -2.11. The van der Waals surface area contributed by atoms with Crippen molar-refractivity contribution in [2.75, 3.05) is 7.11 Å². The van der Waals surface area contributed by atoms with E-state index in [1.165, 1.54) is 25.2 Å². The summed E-state index contributed by atoms with van der Waals surface area (Å²) < 4.78 is 6.52. The molecule has 0 radical (unpaired) electrons. The Kier molecular flexibility index (Phi) is 5.50. The van der Waals surface area contributed by atoms with E-state index in [2.05, 4.69) is 20.3 Å². The van der Waals surface area contributed by atoms with E-state index in [-0.39, 0.29) is 11.2 Å². The lowest BCUT2D eigenvalue weighted by Crippen LogP contribution is -2.17. The number of hydrogen-bond donors (Lipinski definition) is 0. The van der Waals surface area contributed by atoms with E-state index >= 15 is 0 Å². The van der Waals surface area contributed by atoms with Crippen LogP contribution in [0.2, 0.25) is 5.02 Å². The maximum absolute atomic E-state index is 11.8. The monoisotopic (exact) mass is 377 g/mol. The van der Waals surface area contributed by atoms with Crippen molar-refractivity contribution in [1.29, 1.82) is 0 Å². The van der Waals surface area contributed by atoms with Crippen LogP contribution in [0.15, 0.2) is 35.6 Å². The van der Waals surface area contributed by atoms with Crippen LogP contribution < -0.4 is 0 Å². The number of methoxy groups -OCH3 is 1. The Morgan fingerprint density at radius 1 is 1.32 bits per heavy atom. The van der Waals surface area contributed by atoms with Crippen molar-refractivity contribution in [2.24, 2.45) is 0 Å². The summed E-state index contributed by atoms with van der Waals surface area (Å²) in [7, 11) is 1.38. The van der Waals surface area contributed by atoms with Crippen LogP contribution in [-0.4, -0.2) is 43.3 Å². The van der Waals surface area contributed by atoms with Crippen LogP contribution in [0.5, 0.6) is 0 Å². The number of carbonyl (C=O) groups is 1. The molecule has 1 atom stereocenters. The number of carbonyl (C=O) groups excluding carboxylic acids is 1. The Morgan fingerprint density at radius 2 is 2.08 bits per heavy atom. The number of benzene rings is 1. The highest BCUT2D eigenvalue weighted by Gasteiger charge is 2.22. The molecule has 1 unspecified atom stereocenters. The standard InChI is InChI=1S/C16H16ClN5O2S/c1-3-12(16(23)24-2)25-15-13-14(18-9-19-15)22(21-20-13)8-10-4-6-11(17)7-5-10/h4-7,9,12H,3,8H2,1-2H3. The summed E-state index contributed by atoms with van der Waals surface area (Å²) in [6.07, 6.45) is 2.08. The van der Waals surface area contributed by atoms with E-state index in [0.717, 1.165) is 5.56 Å². The molecule has 2 heterocycles. The van der Waals surface area contributed by atoms with Gasteiger partial charge in [0.2, 0.25) is 0 Å². The van der Waals surface area contributed by atoms with Gasteiger partial charge in [-0.2, -0.15) is 0 Å². The van der Waals surface area contributed by atoms with Gasteiger partial charge in [-0.15, -0.1) is 5.10 Å². The van der Waals surface area contributed by atoms with Crippen molar-refractivity contribution in [1.82, 2.24) is 25.0 Å². The van der Waals surface area contributed by atoms with Crippen LogP contribution in [0.25, 0.3) is 11.2 Å². The first-order valence-corrected chi connectivity index (χ1v) is 8.91. The van der Waals surface area contributed by atoms with Crippen LogP contribution in [0.4, 0.5) is 0 Å². The molecule has 1 aromatic carbocycles. The number of halogens is 1. The van der Waals surface area contributed by atoms with Gasteiger partial charge in [0, 0.05) is 5.02 Å². The Morgan fingerprint density at radius 3 is 2.76 bits per heavy atom. The van der Waals surface area contributed by atoms with Gasteiger partial charge in [-0.25, -0.2) is 14.6 Å². The van der Waals surface area contributed by atoms with Crippen molar-refractivity contribution in [3.05, 3.63) is 41.2 Å². The fourth-order valence-corrected chi connectivity index (χ4v) is 3.40. The van der Waals surface area contributed by atoms with E-state index in [1.54, 1.807) is 4.68 Å². The van der Waals surface area contributed by atoms with Crippen LogP contribution in [-0.2, 0) is 16.1 Å². The molecule has 0 saturated carbocycles. The molecule has 130 valence electrons. The van der Waals surface area contributed by atoms with Gasteiger partial charge in [-0.05, 0) is 24.1 Å². The van der Waals surface area contributed by atoms with E-state index < -0.39 is 0 Å². The fourth-order valence-electron chi connectivity index (χ4n) is 2.29. The van der Waals surface area contributed by atoms with Gasteiger partial charge in [0.1, 0.15) is 16.6 Å². The summed E-state index contributed by atoms with van der Waals surface area (Å²) in [5.74, 6) is -0.284. The third kappa shape index (κ3) is 3.91. The maximum Gasteiger partial charge on any atom is 0.319 e. The van der Waals surface area contributed by atoms with E-state index in [9.17, 15) is 4.79 Å². The van der Waals surface area contributed by atoms with Gasteiger partial charge >= 0.3 is 5.97 Å². The van der Waals surface area contributed by atoms with Crippen molar-refractivity contribution >= 4 is 40.5 Å². The van der Waals surface area contributed by atoms with Crippen LogP contribution in [0.1, 0.15) is 18.9 Å². The summed E-state index contributed by atoms with van der Waals surface area (Å²) in [4.78, 5) is 20.4. The summed E-state index contributed by atoms with van der Waals surface area (Å²) in [6, 6.07) is 7.51. The number of nitrogens with zero attached hydrogens (tertiary/aromatic N) is 5. The zero-order valence-corrected chi connectivity index (χ0v) is 15.3. The second kappa shape index (κ2) is 7.79. The van der Waals surface area contributed by atoms with E-state index in [4.69, 9.17) is 16.3 Å². The molecule has 7 nitrogen and oxygen atoms in total. The molecule has 0 amide bonds. The molecule has 0 bridgehead atoms. The van der Waals surface area contributed by atoms with Crippen molar-refractivity contribution < 1.29 is 9.53 Å². The zero-order chi connectivity index (χ0) is 17.8. The third-order valence-corrected chi connectivity index (χ3v) is 5.19. The minimum absolute atomic E-state index is 0.284. The van der Waals surface area contributed by atoms with Crippen molar-refractivity contribution in [2.45, 2.75) is 30.2 Å². The van der Waals surface area contributed by atoms with Gasteiger partial charge in [-0.1, -0.05) is 47.6 Å². The molecular weight excluding hydrogens is 362 g/mol. The highest BCUT2D eigenvalue weighted by molar-refractivity contribution is 8.00. The number of hydrogen-bond acceptors (Lipinski definition) is 7. The van der Waals surface area contributed by atoms with Crippen LogP contribution in [0, 0.1) is 0 Å². The number of esters is 1. The summed E-state index contributed by atoms with van der Waals surface area (Å²) in [5.41, 5.74) is 2.22. The number of thioether (sulfide) groups is 1. The molecule has 25 heavy (non-hydrogen) atoms. The van der Waals surface area contributed by atoms with Gasteiger partial charge in [-0.3, -0.25) is 4.79 Å². The molecule has 0 N–H and O–H groups in total. The molecule has 3 rings (SSSR count). The molecule has 9 heteroatoms. The lowest BCUT2D eigenvalue weighted by molar-refractivity contribution is -0.140. The van der Waals surface area contributed by atoms with E-state index in [0.29, 0.717) is 34.2 Å². The molecule has 3 aromatic rings. The Labute approximate surface area is 153 Å². The summed E-state index contributed by atoms with van der Waals surface area (Å²) >= 11 is 7.23. The minimum Gasteiger partial charge on any atom is -0.468 e. The fraction of sp³-hybridized carbons (Fsp3) is 0.312. The molecule has 0 fully saturated rings. The number of fused-ring (bicyclic) bond motifs is 1. The Bertz CT molecular complexity index is 884. The first-order chi connectivity index (χ1) is 12.1. The summed E-state index contributed by atoms with van der Waals surface area (Å²) in [6.45, 7) is 2.44. The average Bonchev–Trinajstić information content (AvgIpc) is 3.04.